The van der Waals surface area contributed by atoms with Crippen LogP contribution in [0.4, 0.5) is 0 Å². The summed E-state index contributed by atoms with van der Waals surface area (Å²) in [5, 5.41) is 18.4. The Kier molecular flexibility index (Phi) is 3.29. The van der Waals surface area contributed by atoms with E-state index in [0.29, 0.717) is 11.2 Å². The molecule has 0 saturated heterocycles. The molecule has 2 aromatic rings. The molecule has 0 fully saturated rings. The summed E-state index contributed by atoms with van der Waals surface area (Å²) < 4.78 is 5.57. The van der Waals surface area contributed by atoms with Gasteiger partial charge in [-0.25, -0.2) is 18.5 Å². The smallest absolute Gasteiger partial charge is 0.388 e. The van der Waals surface area contributed by atoms with E-state index in [0.717, 1.165) is 4.57 Å². The van der Waals surface area contributed by atoms with E-state index in [2.05, 4.69) is 0 Å². The second-order valence-electron chi connectivity index (χ2n) is 4.59. The quantitative estimate of drug-likeness (QED) is 0.589. The lowest BCUT2D eigenvalue weighted by Crippen LogP contribution is -2.41. The fraction of sp³-hybridized carbons (Fsp3) is 0.545. The molecule has 8 heteroatoms. The van der Waals surface area contributed by atoms with Gasteiger partial charge in [0.25, 0.3) is 5.65 Å². The first-order valence-electron chi connectivity index (χ1n) is 5.82. The van der Waals surface area contributed by atoms with Crippen molar-refractivity contribution < 1.29 is 14.8 Å². The van der Waals surface area contributed by atoms with Gasteiger partial charge in [0, 0.05) is 7.05 Å². The van der Waals surface area contributed by atoms with Gasteiger partial charge in [0.2, 0.25) is 5.52 Å². The monoisotopic (exact) mass is 269 g/mol. The van der Waals surface area contributed by atoms with Gasteiger partial charge >= 0.3 is 11.2 Å². The average molecular weight is 269 g/mol. The van der Waals surface area contributed by atoms with Crippen LogP contribution in [0, 0.1) is 0 Å². The van der Waals surface area contributed by atoms with Crippen LogP contribution in [0.1, 0.15) is 0 Å². The number of nitrogens with zero attached hydrogens (tertiary/aromatic N) is 4. The number of aromatic nitrogens is 4. The average Bonchev–Trinajstić information content (AvgIpc) is 2.70. The minimum atomic E-state index is -0.961. The molecule has 104 valence electrons. The summed E-state index contributed by atoms with van der Waals surface area (Å²) in [5.74, 6) is 0. The number of imidazole rings is 1. The second-order valence-corrected chi connectivity index (χ2v) is 4.59. The van der Waals surface area contributed by atoms with Crippen molar-refractivity contribution in [1.82, 2.24) is 13.7 Å². The summed E-state index contributed by atoms with van der Waals surface area (Å²) >= 11 is 0. The molecule has 19 heavy (non-hydrogen) atoms. The maximum Gasteiger partial charge on any atom is 0.388 e. The van der Waals surface area contributed by atoms with Crippen LogP contribution < -0.4 is 15.8 Å². The van der Waals surface area contributed by atoms with Crippen LogP contribution in [0.15, 0.2) is 15.9 Å². The third-order valence-electron chi connectivity index (χ3n) is 3.16. The molecule has 0 bridgehead atoms. The Morgan fingerprint density at radius 3 is 2.53 bits per heavy atom. The first kappa shape index (κ1) is 13.5. The van der Waals surface area contributed by atoms with E-state index in [1.165, 1.54) is 16.2 Å². The molecule has 8 nitrogen and oxygen atoms in total. The van der Waals surface area contributed by atoms with E-state index in [1.807, 2.05) is 0 Å². The first-order chi connectivity index (χ1) is 8.88. The van der Waals surface area contributed by atoms with Crippen molar-refractivity contribution in [3.05, 3.63) is 27.2 Å². The minimum Gasteiger partial charge on any atom is -0.394 e. The Morgan fingerprint density at radius 1 is 1.32 bits per heavy atom. The summed E-state index contributed by atoms with van der Waals surface area (Å²) in [6.45, 7) is -0.309. The zero-order chi connectivity index (χ0) is 14.3. The van der Waals surface area contributed by atoms with Gasteiger partial charge in [-0.3, -0.25) is 9.36 Å². The van der Waals surface area contributed by atoms with Crippen LogP contribution in [-0.4, -0.2) is 36.6 Å². The highest BCUT2D eigenvalue weighted by atomic mass is 16.3. The lowest BCUT2D eigenvalue weighted by molar-refractivity contribution is -0.648. The highest BCUT2D eigenvalue weighted by Crippen LogP contribution is 2.04. The van der Waals surface area contributed by atoms with Gasteiger partial charge in [0.15, 0.2) is 6.33 Å². The SMILES string of the molecule is Cn1c(=O)c2c(n(C)c1=O)[n+](C)cn2CC(O)CO. The van der Waals surface area contributed by atoms with E-state index in [4.69, 9.17) is 5.11 Å². The molecule has 2 rings (SSSR count). The van der Waals surface area contributed by atoms with Gasteiger partial charge in [-0.1, -0.05) is 0 Å². The van der Waals surface area contributed by atoms with E-state index in [1.54, 1.807) is 25.0 Å². The van der Waals surface area contributed by atoms with Crippen molar-refractivity contribution in [2.24, 2.45) is 21.1 Å². The lowest BCUT2D eigenvalue weighted by atomic mass is 10.3. The van der Waals surface area contributed by atoms with Crippen molar-refractivity contribution in [2.45, 2.75) is 12.6 Å². The molecular weight excluding hydrogens is 252 g/mol. The Hall–Kier alpha value is -1.93. The molecule has 2 heterocycles. The predicted octanol–water partition coefficient (Wildman–Crippen LogP) is -2.78. The van der Waals surface area contributed by atoms with Crippen LogP contribution in [0.25, 0.3) is 11.2 Å². The Balaban J connectivity index is 2.83. The number of aliphatic hydroxyl groups is 2. The molecule has 2 aromatic heterocycles. The van der Waals surface area contributed by atoms with Crippen LogP contribution in [0.3, 0.4) is 0 Å². The standard InChI is InChI=1S/C11H17N4O4/c1-12-6-15(4-7(17)5-16)8-9(12)13(2)11(19)14(3)10(8)18/h6-7,16-17H,4-5H2,1-3H3/q+1. The highest BCUT2D eigenvalue weighted by Gasteiger charge is 2.23. The molecule has 0 spiro atoms. The molecule has 0 aliphatic rings. The van der Waals surface area contributed by atoms with Gasteiger partial charge in [-0.05, 0) is 0 Å². The number of rotatable bonds is 3. The molecule has 0 aromatic carbocycles. The topological polar surface area (TPSA) is 93.3 Å². The van der Waals surface area contributed by atoms with E-state index >= 15 is 0 Å². The lowest BCUT2D eigenvalue weighted by Gasteiger charge is -2.05. The van der Waals surface area contributed by atoms with Crippen LogP contribution >= 0.6 is 0 Å². The van der Waals surface area contributed by atoms with Crippen molar-refractivity contribution >= 4 is 11.2 Å². The van der Waals surface area contributed by atoms with E-state index in [-0.39, 0.29) is 6.54 Å². The Bertz CT molecular complexity index is 740. The summed E-state index contributed by atoms with van der Waals surface area (Å²) in [6.07, 6.45) is 0.655. The van der Waals surface area contributed by atoms with Crippen LogP contribution in [0.5, 0.6) is 0 Å². The molecule has 1 atom stereocenters. The van der Waals surface area contributed by atoms with Gasteiger partial charge in [-0.2, -0.15) is 0 Å². The molecule has 1 unspecified atom stereocenters. The molecule has 0 saturated carbocycles. The molecule has 0 aliphatic carbocycles. The molecule has 0 radical (unpaired) electrons. The maximum absolute atomic E-state index is 12.2. The number of aliphatic hydroxyl groups excluding tert-OH is 2. The molecule has 0 aliphatic heterocycles. The molecular formula is C11H17N4O4+. The summed E-state index contributed by atoms with van der Waals surface area (Å²) in [7, 11) is 4.70. The highest BCUT2D eigenvalue weighted by molar-refractivity contribution is 5.66. The Morgan fingerprint density at radius 2 is 1.95 bits per heavy atom. The van der Waals surface area contributed by atoms with Crippen molar-refractivity contribution in [3.63, 3.8) is 0 Å². The summed E-state index contributed by atoms with van der Waals surface area (Å²) in [5.41, 5.74) is -0.0461. The zero-order valence-electron chi connectivity index (χ0n) is 11.1. The summed E-state index contributed by atoms with van der Waals surface area (Å²) in [4.78, 5) is 24.0. The second kappa shape index (κ2) is 4.63. The normalized spacial score (nSPS) is 13.1. The zero-order valence-corrected chi connectivity index (χ0v) is 11.1. The molecule has 2 N–H and O–H groups in total. The van der Waals surface area contributed by atoms with Gasteiger partial charge in [0.05, 0.1) is 27.2 Å². The maximum atomic E-state index is 12.2. The number of aryl methyl sites for hydroxylation is 2. The van der Waals surface area contributed by atoms with Crippen molar-refractivity contribution in [2.75, 3.05) is 6.61 Å². The van der Waals surface area contributed by atoms with Crippen molar-refractivity contribution in [3.8, 4) is 0 Å². The van der Waals surface area contributed by atoms with Crippen LogP contribution in [-0.2, 0) is 27.7 Å². The number of hydrogen-bond donors (Lipinski definition) is 2. The van der Waals surface area contributed by atoms with Crippen molar-refractivity contribution in [1.29, 1.82) is 0 Å². The number of fused-ring (bicyclic) bond motifs is 1. The van der Waals surface area contributed by atoms with Gasteiger partial charge in [0.1, 0.15) is 6.10 Å². The minimum absolute atomic E-state index is 0.0846. The van der Waals surface area contributed by atoms with E-state index in [9.17, 15) is 14.7 Å². The Labute approximate surface area is 108 Å². The third-order valence-corrected chi connectivity index (χ3v) is 3.16. The fourth-order valence-corrected chi connectivity index (χ4v) is 2.22. The third kappa shape index (κ3) is 1.98. The summed E-state index contributed by atoms with van der Waals surface area (Å²) in [6, 6.07) is 0. The molecule has 0 amide bonds. The predicted molar refractivity (Wildman–Crippen MR) is 66.7 cm³/mol. The van der Waals surface area contributed by atoms with E-state index < -0.39 is 24.0 Å². The first-order valence-corrected chi connectivity index (χ1v) is 5.82. The van der Waals surface area contributed by atoms with Crippen LogP contribution in [0.2, 0.25) is 0 Å². The largest absolute Gasteiger partial charge is 0.394 e. The number of hydrogen-bond acceptors (Lipinski definition) is 4. The van der Waals surface area contributed by atoms with Gasteiger partial charge in [-0.15, -0.1) is 0 Å². The van der Waals surface area contributed by atoms with Gasteiger partial charge < -0.3 is 10.2 Å². The fourth-order valence-electron chi connectivity index (χ4n) is 2.22.